The minimum Gasteiger partial charge on any atom is -0.480 e. The Morgan fingerprint density at radius 1 is 1.00 bits per heavy atom. The number of nitrogens with zero attached hydrogens (tertiary/aromatic N) is 1. The Morgan fingerprint density at radius 2 is 1.39 bits per heavy atom. The van der Waals surface area contributed by atoms with E-state index in [1.165, 1.54) is 0 Å². The van der Waals surface area contributed by atoms with Crippen LogP contribution in [0, 0.1) is 5.92 Å². The van der Waals surface area contributed by atoms with Gasteiger partial charge in [0.25, 0.3) is 11.8 Å². The highest BCUT2D eigenvalue weighted by atomic mass is 35.5. The van der Waals surface area contributed by atoms with Crippen molar-refractivity contribution in [1.29, 1.82) is 0 Å². The monoisotopic (exact) mass is 397 g/mol. The van der Waals surface area contributed by atoms with Crippen molar-refractivity contribution >= 4 is 64.2 Å². The first kappa shape index (κ1) is 18.3. The minimum atomic E-state index is -1.34. The summed E-state index contributed by atoms with van der Waals surface area (Å²) in [6.07, 6.45) is 0.452. The van der Waals surface area contributed by atoms with E-state index in [-0.39, 0.29) is 31.2 Å². The molecule has 0 unspecified atom stereocenters. The number of fused-ring (bicyclic) bond motifs is 1. The number of halogens is 4. The molecule has 0 aromatic heterocycles. The van der Waals surface area contributed by atoms with Crippen LogP contribution < -0.4 is 0 Å². The highest BCUT2D eigenvalue weighted by Gasteiger charge is 2.48. The van der Waals surface area contributed by atoms with Gasteiger partial charge in [0.1, 0.15) is 6.04 Å². The SMILES string of the molecule is CC[C@H](C)[C@H](C(=O)O)N1C(=O)c2c(Cl)c(Cl)c(Cl)c(Cl)c2C1=O. The van der Waals surface area contributed by atoms with Gasteiger partial charge in [0.2, 0.25) is 0 Å². The predicted molar refractivity (Wildman–Crippen MR) is 87.9 cm³/mol. The van der Waals surface area contributed by atoms with E-state index in [1.54, 1.807) is 13.8 Å². The minimum absolute atomic E-state index is 0.157. The summed E-state index contributed by atoms with van der Waals surface area (Å²) < 4.78 is 0. The van der Waals surface area contributed by atoms with Gasteiger partial charge in [-0.2, -0.15) is 0 Å². The first-order valence-corrected chi connectivity index (χ1v) is 8.12. The molecule has 1 aliphatic heterocycles. The van der Waals surface area contributed by atoms with Crippen LogP contribution in [0.2, 0.25) is 20.1 Å². The second-order valence-corrected chi connectivity index (χ2v) is 6.67. The summed E-state index contributed by atoms with van der Waals surface area (Å²) in [5.41, 5.74) is -0.434. The number of hydrogen-bond donors (Lipinski definition) is 1. The van der Waals surface area contributed by atoms with Crippen LogP contribution in [0.1, 0.15) is 41.0 Å². The van der Waals surface area contributed by atoms with Gasteiger partial charge in [-0.1, -0.05) is 66.7 Å². The Labute approximate surface area is 152 Å². The Bertz CT molecular complexity index is 687. The first-order chi connectivity index (χ1) is 10.6. The van der Waals surface area contributed by atoms with E-state index in [2.05, 4.69) is 0 Å². The molecule has 1 heterocycles. The van der Waals surface area contributed by atoms with Crippen LogP contribution in [0.4, 0.5) is 0 Å². The van der Waals surface area contributed by atoms with Crippen molar-refractivity contribution in [2.24, 2.45) is 5.92 Å². The molecular weight excluding hydrogens is 388 g/mol. The second-order valence-electron chi connectivity index (χ2n) is 5.15. The quantitative estimate of drug-likeness (QED) is 0.463. The number of amides is 2. The third-order valence-electron chi connectivity index (χ3n) is 3.85. The molecule has 2 rings (SSSR count). The van der Waals surface area contributed by atoms with Gasteiger partial charge in [-0.15, -0.1) is 0 Å². The summed E-state index contributed by atoms with van der Waals surface area (Å²) in [6.45, 7) is 3.39. The molecule has 0 bridgehead atoms. The van der Waals surface area contributed by atoms with Crippen molar-refractivity contribution < 1.29 is 19.5 Å². The van der Waals surface area contributed by atoms with Crippen molar-refractivity contribution in [3.63, 3.8) is 0 Å². The zero-order valence-electron chi connectivity index (χ0n) is 12.0. The van der Waals surface area contributed by atoms with Crippen molar-refractivity contribution in [3.05, 3.63) is 31.2 Å². The van der Waals surface area contributed by atoms with E-state index >= 15 is 0 Å². The number of carbonyl (C=O) groups is 3. The molecule has 2 atom stereocenters. The summed E-state index contributed by atoms with van der Waals surface area (Å²) in [4.78, 5) is 37.4. The zero-order chi connectivity index (χ0) is 17.6. The van der Waals surface area contributed by atoms with Gasteiger partial charge in [0.15, 0.2) is 0 Å². The lowest BCUT2D eigenvalue weighted by molar-refractivity contribution is -0.143. The summed E-state index contributed by atoms with van der Waals surface area (Å²) >= 11 is 23.9. The number of benzene rings is 1. The fraction of sp³-hybridized carbons (Fsp3) is 0.357. The molecule has 1 aromatic carbocycles. The highest BCUT2D eigenvalue weighted by Crippen LogP contribution is 2.45. The Hall–Kier alpha value is -1.01. The van der Waals surface area contributed by atoms with Crippen molar-refractivity contribution in [2.45, 2.75) is 26.3 Å². The molecule has 5 nitrogen and oxygen atoms in total. The Balaban J connectivity index is 2.69. The number of carbonyl (C=O) groups excluding carboxylic acids is 2. The molecule has 0 saturated heterocycles. The van der Waals surface area contributed by atoms with Crippen LogP contribution >= 0.6 is 46.4 Å². The summed E-state index contributed by atoms with van der Waals surface area (Å²) in [7, 11) is 0. The van der Waals surface area contributed by atoms with E-state index in [0.717, 1.165) is 0 Å². The van der Waals surface area contributed by atoms with E-state index in [0.29, 0.717) is 11.3 Å². The lowest BCUT2D eigenvalue weighted by atomic mass is 9.98. The smallest absolute Gasteiger partial charge is 0.327 e. The van der Waals surface area contributed by atoms with E-state index in [4.69, 9.17) is 46.4 Å². The predicted octanol–water partition coefficient (Wildman–Crippen LogP) is 4.40. The highest BCUT2D eigenvalue weighted by molar-refractivity contribution is 6.55. The molecule has 1 aromatic rings. The number of hydrogen-bond acceptors (Lipinski definition) is 3. The van der Waals surface area contributed by atoms with Crippen molar-refractivity contribution in [3.8, 4) is 0 Å². The summed E-state index contributed by atoms with van der Waals surface area (Å²) in [6, 6.07) is -1.34. The lowest BCUT2D eigenvalue weighted by Crippen LogP contribution is -2.48. The summed E-state index contributed by atoms with van der Waals surface area (Å²) in [5.74, 6) is -3.44. The largest absolute Gasteiger partial charge is 0.480 e. The number of carboxylic acids is 1. The van der Waals surface area contributed by atoms with Crippen molar-refractivity contribution in [1.82, 2.24) is 4.90 Å². The normalized spacial score (nSPS) is 16.5. The van der Waals surface area contributed by atoms with Gasteiger partial charge in [0, 0.05) is 0 Å². The van der Waals surface area contributed by atoms with E-state index in [9.17, 15) is 19.5 Å². The van der Waals surface area contributed by atoms with E-state index in [1.807, 2.05) is 0 Å². The fourth-order valence-electron chi connectivity index (χ4n) is 2.45. The third-order valence-corrected chi connectivity index (χ3v) is 5.65. The van der Waals surface area contributed by atoms with Crippen LogP contribution in [-0.2, 0) is 4.79 Å². The van der Waals surface area contributed by atoms with Gasteiger partial charge >= 0.3 is 5.97 Å². The van der Waals surface area contributed by atoms with E-state index < -0.39 is 29.7 Å². The van der Waals surface area contributed by atoms with Gasteiger partial charge in [-0.25, -0.2) is 4.79 Å². The van der Waals surface area contributed by atoms with Gasteiger partial charge in [-0.3, -0.25) is 14.5 Å². The molecule has 0 fully saturated rings. The molecule has 23 heavy (non-hydrogen) atoms. The summed E-state index contributed by atoms with van der Waals surface area (Å²) in [5, 5.41) is 8.68. The molecule has 0 saturated carbocycles. The molecule has 0 aliphatic carbocycles. The molecule has 124 valence electrons. The number of carboxylic acid groups (broad SMARTS) is 1. The van der Waals surface area contributed by atoms with Crippen LogP contribution in [-0.4, -0.2) is 33.8 Å². The van der Waals surface area contributed by atoms with Crippen LogP contribution in [0.25, 0.3) is 0 Å². The van der Waals surface area contributed by atoms with Crippen LogP contribution in [0.15, 0.2) is 0 Å². The Kier molecular flexibility index (Phi) is 5.16. The maximum atomic E-state index is 12.6. The molecule has 0 spiro atoms. The lowest BCUT2D eigenvalue weighted by Gasteiger charge is -2.27. The molecule has 1 aliphatic rings. The average Bonchev–Trinajstić information content (AvgIpc) is 2.75. The standard InChI is InChI=1S/C14H11Cl4NO4/c1-3-4(2)11(14(22)23)19-12(20)5-6(13(19)21)8(16)10(18)9(17)7(5)15/h4,11H,3H2,1-2H3,(H,22,23)/t4-,11+/m0/s1. The average molecular weight is 399 g/mol. The van der Waals surface area contributed by atoms with Crippen LogP contribution in [0.5, 0.6) is 0 Å². The number of aliphatic carboxylic acids is 1. The zero-order valence-corrected chi connectivity index (χ0v) is 15.0. The second kappa shape index (κ2) is 6.48. The van der Waals surface area contributed by atoms with Gasteiger partial charge in [-0.05, 0) is 5.92 Å². The third kappa shape index (κ3) is 2.70. The number of imide groups is 1. The molecule has 1 N–H and O–H groups in total. The molecule has 9 heteroatoms. The first-order valence-electron chi connectivity index (χ1n) is 6.61. The van der Waals surface area contributed by atoms with Crippen LogP contribution in [0.3, 0.4) is 0 Å². The fourth-order valence-corrected chi connectivity index (χ4v) is 3.47. The Morgan fingerprint density at radius 3 is 1.70 bits per heavy atom. The molecular formula is C14H11Cl4NO4. The number of rotatable bonds is 4. The van der Waals surface area contributed by atoms with Gasteiger partial charge in [0.05, 0.1) is 31.2 Å². The molecule has 0 radical (unpaired) electrons. The topological polar surface area (TPSA) is 74.7 Å². The maximum absolute atomic E-state index is 12.6. The van der Waals surface area contributed by atoms with Gasteiger partial charge < -0.3 is 5.11 Å². The molecule has 2 amide bonds. The van der Waals surface area contributed by atoms with Crippen molar-refractivity contribution in [2.75, 3.05) is 0 Å². The maximum Gasteiger partial charge on any atom is 0.327 e.